The fraction of sp³-hybridized carbons (Fsp3) is 0.167. The summed E-state index contributed by atoms with van der Waals surface area (Å²) in [5.41, 5.74) is 5.90. The van der Waals surface area contributed by atoms with E-state index < -0.39 is 0 Å². The van der Waals surface area contributed by atoms with E-state index >= 15 is 0 Å². The maximum atomic E-state index is 10.4. The Morgan fingerprint density at radius 1 is 1.10 bits per heavy atom. The molecule has 30 heavy (non-hydrogen) atoms. The molecule has 0 aliphatic rings. The van der Waals surface area contributed by atoms with Crippen molar-refractivity contribution in [2.75, 3.05) is 6.61 Å². The number of nitrogens with zero attached hydrogens (tertiary/aromatic N) is 2. The summed E-state index contributed by atoms with van der Waals surface area (Å²) in [7, 11) is 0. The fourth-order valence-electron chi connectivity index (χ4n) is 3.10. The Labute approximate surface area is 179 Å². The highest BCUT2D eigenvalue weighted by Gasteiger charge is 2.11. The number of benzene rings is 3. The van der Waals surface area contributed by atoms with Gasteiger partial charge in [-0.15, -0.1) is 0 Å². The zero-order chi connectivity index (χ0) is 21.3. The zero-order valence-corrected chi connectivity index (χ0v) is 17.7. The van der Waals surface area contributed by atoms with E-state index in [1.165, 1.54) is 11.1 Å². The van der Waals surface area contributed by atoms with Gasteiger partial charge in [0.2, 0.25) is 5.89 Å². The lowest BCUT2D eigenvalue weighted by Crippen LogP contribution is -1.94. The van der Waals surface area contributed by atoms with E-state index in [2.05, 4.69) is 36.0 Å². The van der Waals surface area contributed by atoms with Crippen LogP contribution in [0.5, 0.6) is 11.5 Å². The van der Waals surface area contributed by atoms with Crippen molar-refractivity contribution in [1.82, 2.24) is 4.98 Å². The van der Waals surface area contributed by atoms with Gasteiger partial charge in [0, 0.05) is 28.4 Å². The Hall–Kier alpha value is -3.31. The molecule has 0 aliphatic carbocycles. The van der Waals surface area contributed by atoms with E-state index in [-0.39, 0.29) is 5.75 Å². The number of phenolic OH excluding ortho intramolecular Hbond substituents is 1. The molecule has 0 atom stereocenters. The van der Waals surface area contributed by atoms with E-state index in [1.807, 2.05) is 31.2 Å². The molecule has 3 aromatic carbocycles. The number of hydrogen-bond donors (Lipinski definition) is 1. The van der Waals surface area contributed by atoms with Crippen LogP contribution >= 0.6 is 11.6 Å². The Morgan fingerprint density at radius 3 is 2.70 bits per heavy atom. The minimum Gasteiger partial charge on any atom is -0.504 e. The fourth-order valence-corrected chi connectivity index (χ4v) is 3.31. The lowest BCUT2D eigenvalue weighted by atomic mass is 10.1. The highest BCUT2D eigenvalue weighted by atomic mass is 35.5. The molecule has 1 N–H and O–H groups in total. The van der Waals surface area contributed by atoms with Gasteiger partial charge in [-0.3, -0.25) is 4.99 Å². The topological polar surface area (TPSA) is 67.9 Å². The molecule has 1 aromatic heterocycles. The number of aromatic hydroxyl groups is 1. The number of phenols is 1. The van der Waals surface area contributed by atoms with E-state index in [9.17, 15) is 5.11 Å². The number of oxazole rings is 1. The predicted molar refractivity (Wildman–Crippen MR) is 120 cm³/mol. The van der Waals surface area contributed by atoms with Crippen molar-refractivity contribution < 1.29 is 14.3 Å². The molecular formula is C24H21ClN2O3. The van der Waals surface area contributed by atoms with Gasteiger partial charge < -0.3 is 14.3 Å². The summed E-state index contributed by atoms with van der Waals surface area (Å²) in [6, 6.07) is 14.8. The van der Waals surface area contributed by atoms with Crippen LogP contribution in [0.25, 0.3) is 22.6 Å². The molecule has 0 spiro atoms. The van der Waals surface area contributed by atoms with Crippen LogP contribution in [0.15, 0.2) is 57.9 Å². The second-order valence-corrected chi connectivity index (χ2v) is 7.44. The molecule has 0 radical (unpaired) electrons. The number of rotatable bonds is 5. The van der Waals surface area contributed by atoms with Crippen LogP contribution in [-0.4, -0.2) is 22.9 Å². The van der Waals surface area contributed by atoms with Crippen molar-refractivity contribution in [3.05, 3.63) is 70.2 Å². The van der Waals surface area contributed by atoms with Gasteiger partial charge in [-0.25, -0.2) is 4.98 Å². The molecule has 0 unspecified atom stereocenters. The highest BCUT2D eigenvalue weighted by molar-refractivity contribution is 6.31. The molecule has 0 fully saturated rings. The molecule has 0 saturated heterocycles. The largest absolute Gasteiger partial charge is 0.504 e. The van der Waals surface area contributed by atoms with Gasteiger partial charge in [-0.05, 0) is 68.3 Å². The van der Waals surface area contributed by atoms with Gasteiger partial charge in [-0.1, -0.05) is 17.7 Å². The average Bonchev–Trinajstić information content (AvgIpc) is 3.15. The van der Waals surface area contributed by atoms with Crippen LogP contribution < -0.4 is 4.74 Å². The molecule has 4 aromatic rings. The van der Waals surface area contributed by atoms with E-state index in [0.29, 0.717) is 45.6 Å². The molecule has 1 heterocycles. The van der Waals surface area contributed by atoms with Crippen molar-refractivity contribution in [3.8, 4) is 23.0 Å². The van der Waals surface area contributed by atoms with Crippen LogP contribution in [0.4, 0.5) is 5.69 Å². The number of ether oxygens (including phenoxy) is 1. The first-order valence-corrected chi connectivity index (χ1v) is 10.00. The highest BCUT2D eigenvalue weighted by Crippen LogP contribution is 2.33. The first-order valence-electron chi connectivity index (χ1n) is 9.62. The molecule has 152 valence electrons. The predicted octanol–water partition coefficient (Wildman–Crippen LogP) is 6.62. The standard InChI is InChI=1S/C24H21ClN2O3/c1-4-29-22-11-18(25)10-17(23(22)28)13-26-19-7-8-21-20(12-19)27-24(30-21)16-6-5-14(2)15(3)9-16/h5-13,28H,4H2,1-3H3. The molecule has 0 saturated carbocycles. The SMILES string of the molecule is CCOc1cc(Cl)cc(C=Nc2ccc3oc(-c4ccc(C)c(C)c4)nc3c2)c1O. The Morgan fingerprint density at radius 2 is 1.93 bits per heavy atom. The molecule has 0 aliphatic heterocycles. The van der Waals surface area contributed by atoms with Crippen molar-refractivity contribution >= 4 is 34.6 Å². The molecular weight excluding hydrogens is 400 g/mol. The number of aryl methyl sites for hydroxylation is 2. The molecule has 0 bridgehead atoms. The van der Waals surface area contributed by atoms with Gasteiger partial charge in [0.15, 0.2) is 17.1 Å². The van der Waals surface area contributed by atoms with Gasteiger partial charge >= 0.3 is 0 Å². The number of fused-ring (bicyclic) bond motifs is 1. The minimum absolute atomic E-state index is 0.00420. The molecule has 4 rings (SSSR count). The Balaban J connectivity index is 1.65. The zero-order valence-electron chi connectivity index (χ0n) is 16.9. The summed E-state index contributed by atoms with van der Waals surface area (Å²) >= 11 is 6.12. The lowest BCUT2D eigenvalue weighted by Gasteiger charge is -2.08. The van der Waals surface area contributed by atoms with Crippen molar-refractivity contribution in [2.24, 2.45) is 4.99 Å². The van der Waals surface area contributed by atoms with Crippen LogP contribution in [0, 0.1) is 13.8 Å². The summed E-state index contributed by atoms with van der Waals surface area (Å²) in [5.74, 6) is 0.907. The monoisotopic (exact) mass is 420 g/mol. The number of halogens is 1. The van der Waals surface area contributed by atoms with Crippen LogP contribution in [0.3, 0.4) is 0 Å². The number of hydrogen-bond acceptors (Lipinski definition) is 5. The second-order valence-electron chi connectivity index (χ2n) is 7.00. The summed E-state index contributed by atoms with van der Waals surface area (Å²) in [5, 5.41) is 10.8. The summed E-state index contributed by atoms with van der Waals surface area (Å²) < 4.78 is 11.3. The van der Waals surface area contributed by atoms with Crippen molar-refractivity contribution in [1.29, 1.82) is 0 Å². The summed E-state index contributed by atoms with van der Waals surface area (Å²) in [6.45, 7) is 6.41. The van der Waals surface area contributed by atoms with Gasteiger partial charge in [0.05, 0.1) is 12.3 Å². The Bertz CT molecular complexity index is 1260. The maximum Gasteiger partial charge on any atom is 0.227 e. The van der Waals surface area contributed by atoms with Crippen molar-refractivity contribution in [3.63, 3.8) is 0 Å². The first-order chi connectivity index (χ1) is 14.4. The molecule has 5 nitrogen and oxygen atoms in total. The molecule has 6 heteroatoms. The number of aromatic nitrogens is 1. The van der Waals surface area contributed by atoms with Gasteiger partial charge in [0.25, 0.3) is 0 Å². The third kappa shape index (κ3) is 4.02. The van der Waals surface area contributed by atoms with Crippen LogP contribution in [-0.2, 0) is 0 Å². The van der Waals surface area contributed by atoms with Gasteiger partial charge in [0.1, 0.15) is 5.52 Å². The average molecular weight is 421 g/mol. The maximum absolute atomic E-state index is 10.4. The third-order valence-electron chi connectivity index (χ3n) is 4.85. The quantitative estimate of drug-likeness (QED) is 0.368. The van der Waals surface area contributed by atoms with E-state index in [0.717, 1.165) is 5.56 Å². The Kier molecular flexibility index (Phi) is 5.46. The van der Waals surface area contributed by atoms with E-state index in [1.54, 1.807) is 18.3 Å². The smallest absolute Gasteiger partial charge is 0.227 e. The van der Waals surface area contributed by atoms with Crippen LogP contribution in [0.1, 0.15) is 23.6 Å². The summed E-state index contributed by atoms with van der Waals surface area (Å²) in [6.07, 6.45) is 1.55. The van der Waals surface area contributed by atoms with E-state index in [4.69, 9.17) is 20.8 Å². The minimum atomic E-state index is 0.00420. The lowest BCUT2D eigenvalue weighted by molar-refractivity contribution is 0.318. The van der Waals surface area contributed by atoms with Gasteiger partial charge in [-0.2, -0.15) is 0 Å². The third-order valence-corrected chi connectivity index (χ3v) is 5.06. The molecule has 0 amide bonds. The van der Waals surface area contributed by atoms with Crippen LogP contribution in [0.2, 0.25) is 5.02 Å². The first kappa shape index (κ1) is 20.0. The summed E-state index contributed by atoms with van der Waals surface area (Å²) in [4.78, 5) is 9.07. The second kappa shape index (κ2) is 8.20. The normalized spacial score (nSPS) is 11.5. The number of aliphatic imine (C=N–C) groups is 1. The van der Waals surface area contributed by atoms with Crippen molar-refractivity contribution in [2.45, 2.75) is 20.8 Å².